The lowest BCUT2D eigenvalue weighted by Crippen LogP contribution is -2.73. The maximum atomic E-state index is 12.6. The van der Waals surface area contributed by atoms with E-state index in [0.29, 0.717) is 0 Å². The highest BCUT2D eigenvalue weighted by Crippen LogP contribution is 2.26. The number of rotatable bonds is 9. The Balaban J connectivity index is 2.21. The van der Waals surface area contributed by atoms with E-state index < -0.39 is 46.5 Å². The largest absolute Gasteiger partial charge is 0.398 e. The summed E-state index contributed by atoms with van der Waals surface area (Å²) in [7, 11) is -3.75. The Bertz CT molecular complexity index is 930. The molecule has 14 nitrogen and oxygen atoms in total. The zero-order chi connectivity index (χ0) is 21.8. The summed E-state index contributed by atoms with van der Waals surface area (Å²) in [5.74, 6) is -2.66. The van der Waals surface area contributed by atoms with Crippen LogP contribution in [0, 0.1) is 0 Å². The van der Waals surface area contributed by atoms with Gasteiger partial charge in [-0.2, -0.15) is 8.42 Å². The Morgan fingerprint density at radius 2 is 2.17 bits per heavy atom. The number of nitrogen functional groups attached to an aromatic ring is 1. The molecule has 0 bridgehead atoms. The molecule has 1 aromatic rings. The Hall–Kier alpha value is -2.82. The van der Waals surface area contributed by atoms with Crippen LogP contribution in [0.5, 0.6) is 0 Å². The number of nitrogens with one attached hydrogen (secondary N) is 2. The molecular formula is C13H19N7O7S2. The summed E-state index contributed by atoms with van der Waals surface area (Å²) in [6, 6.07) is -2.75. The van der Waals surface area contributed by atoms with Crippen molar-refractivity contribution in [2.45, 2.75) is 18.5 Å². The minimum Gasteiger partial charge on any atom is -0.398 e. The topological polar surface area (TPSA) is 219 Å². The number of hydrogen-bond donors (Lipinski definition) is 5. The fourth-order valence-corrected chi connectivity index (χ4v) is 3.96. The van der Waals surface area contributed by atoms with Gasteiger partial charge in [0.15, 0.2) is 10.8 Å². The lowest BCUT2D eigenvalue weighted by molar-refractivity contribution is -0.146. The smallest absolute Gasteiger partial charge is 0.362 e. The number of carbonyl (C=O) groups is 3. The molecule has 2 rings (SSSR count). The first-order valence-corrected chi connectivity index (χ1v) is 10.3. The number of aromatic nitrogens is 1. The summed E-state index contributed by atoms with van der Waals surface area (Å²) in [6.45, 7) is 0.267. The molecule has 2 heterocycles. The highest BCUT2D eigenvalue weighted by atomic mass is 32.2. The summed E-state index contributed by atoms with van der Waals surface area (Å²) < 4.78 is 32.3. The molecular weight excluding hydrogens is 430 g/mol. The van der Waals surface area contributed by atoms with Crippen molar-refractivity contribution in [3.05, 3.63) is 11.1 Å². The van der Waals surface area contributed by atoms with E-state index in [0.717, 1.165) is 11.3 Å². The van der Waals surface area contributed by atoms with Gasteiger partial charge in [0, 0.05) is 18.5 Å². The molecule has 1 aromatic heterocycles. The minimum absolute atomic E-state index is 0.0718. The van der Waals surface area contributed by atoms with E-state index in [2.05, 4.69) is 25.6 Å². The zero-order valence-electron chi connectivity index (χ0n) is 15.1. The maximum absolute atomic E-state index is 12.6. The lowest BCUT2D eigenvalue weighted by atomic mass is 9.94. The van der Waals surface area contributed by atoms with Crippen LogP contribution in [-0.2, 0) is 29.5 Å². The average Bonchev–Trinajstić information content (AvgIpc) is 3.06. The van der Waals surface area contributed by atoms with Gasteiger partial charge in [-0.1, -0.05) is 5.16 Å². The normalized spacial score (nSPS) is 19.5. The number of carbonyl (C=O) groups excluding carboxylic acids is 3. The predicted molar refractivity (Wildman–Crippen MR) is 101 cm³/mol. The van der Waals surface area contributed by atoms with Crippen molar-refractivity contribution in [1.29, 1.82) is 0 Å². The van der Waals surface area contributed by atoms with Gasteiger partial charge in [0.2, 0.25) is 5.91 Å². The van der Waals surface area contributed by atoms with E-state index in [9.17, 15) is 27.4 Å². The van der Waals surface area contributed by atoms with Crippen LogP contribution in [0.15, 0.2) is 10.5 Å². The van der Waals surface area contributed by atoms with Gasteiger partial charge in [0.05, 0.1) is 12.5 Å². The third-order valence-electron chi connectivity index (χ3n) is 3.73. The van der Waals surface area contributed by atoms with E-state index in [1.807, 2.05) is 0 Å². The van der Waals surface area contributed by atoms with Crippen molar-refractivity contribution in [2.75, 3.05) is 25.9 Å². The molecule has 0 saturated carbocycles. The third kappa shape index (κ3) is 5.17. The van der Waals surface area contributed by atoms with Gasteiger partial charge in [-0.25, -0.2) is 9.29 Å². The molecule has 1 saturated heterocycles. The fraction of sp³-hybridized carbons (Fsp3) is 0.462. The number of nitrogens with zero attached hydrogens (tertiary/aromatic N) is 3. The molecule has 0 unspecified atom stereocenters. The van der Waals surface area contributed by atoms with Gasteiger partial charge in [-0.3, -0.25) is 18.9 Å². The minimum atomic E-state index is -4.93. The van der Waals surface area contributed by atoms with Gasteiger partial charge in [0.25, 0.3) is 11.8 Å². The lowest BCUT2D eigenvalue weighted by Gasteiger charge is -2.43. The quantitative estimate of drug-likeness (QED) is 0.111. The van der Waals surface area contributed by atoms with Crippen molar-refractivity contribution < 1.29 is 32.2 Å². The average molecular weight is 449 g/mol. The zero-order valence-corrected chi connectivity index (χ0v) is 16.7. The molecule has 29 heavy (non-hydrogen) atoms. The molecule has 0 aromatic carbocycles. The summed E-state index contributed by atoms with van der Waals surface area (Å²) >= 11 is 1.04. The summed E-state index contributed by atoms with van der Waals surface area (Å²) in [6.07, 6.45) is -0.503. The first-order valence-electron chi connectivity index (χ1n) is 8.01. The van der Waals surface area contributed by atoms with Gasteiger partial charge in [0.1, 0.15) is 18.8 Å². The molecule has 1 aliphatic rings. The van der Waals surface area contributed by atoms with Crippen LogP contribution < -0.4 is 22.1 Å². The first kappa shape index (κ1) is 22.5. The number of amides is 3. The number of β-lactam (4-membered cyclic amide) rings is 1. The second-order valence-electron chi connectivity index (χ2n) is 5.67. The monoisotopic (exact) mass is 449 g/mol. The SMILES string of the molecule is CO/N=C(\C(=O)N[C@H]1C(=O)N(S(=O)(=O)O)[C@@H]1CC(=O)NCCN)c1csc(N)n1. The summed E-state index contributed by atoms with van der Waals surface area (Å²) in [5.41, 5.74) is 10.6. The number of anilines is 1. The molecule has 0 spiro atoms. The van der Waals surface area contributed by atoms with Crippen LogP contribution in [-0.4, -0.2) is 78.0 Å². The van der Waals surface area contributed by atoms with Crippen LogP contribution in [0.2, 0.25) is 0 Å². The van der Waals surface area contributed by atoms with Gasteiger partial charge < -0.3 is 26.9 Å². The maximum Gasteiger partial charge on any atom is 0.362 e. The molecule has 2 atom stereocenters. The number of nitrogens with two attached hydrogens (primary N) is 2. The molecule has 160 valence electrons. The van der Waals surface area contributed by atoms with Crippen LogP contribution in [0.4, 0.5) is 5.13 Å². The van der Waals surface area contributed by atoms with Crippen LogP contribution >= 0.6 is 11.3 Å². The van der Waals surface area contributed by atoms with Crippen LogP contribution in [0.1, 0.15) is 12.1 Å². The Morgan fingerprint density at radius 1 is 1.48 bits per heavy atom. The summed E-state index contributed by atoms with van der Waals surface area (Å²) in [5, 5.41) is 9.81. The first-order chi connectivity index (χ1) is 13.6. The van der Waals surface area contributed by atoms with Gasteiger partial charge >= 0.3 is 10.3 Å². The third-order valence-corrected chi connectivity index (χ3v) is 5.35. The van der Waals surface area contributed by atoms with Gasteiger partial charge in [-0.05, 0) is 0 Å². The second-order valence-corrected chi connectivity index (χ2v) is 7.85. The van der Waals surface area contributed by atoms with Crippen molar-refractivity contribution in [3.8, 4) is 0 Å². The standard InChI is InChI=1S/C13H19N7O7S2/c1-27-19-9(6-5-28-13(15)17-6)11(22)18-10-7(4-8(21)16-3-2-14)20(12(10)23)29(24,25)26/h5,7,10H,2-4,14H2,1H3,(H2,15,17)(H,16,21)(H,18,22)(H,24,25,26)/b19-9-/t7-,10-/m1/s1. The van der Waals surface area contributed by atoms with Crippen molar-refractivity contribution >= 4 is 50.2 Å². The number of thiazole rings is 1. The van der Waals surface area contributed by atoms with Crippen molar-refractivity contribution in [1.82, 2.24) is 19.9 Å². The Labute approximate surface area is 169 Å². The van der Waals surface area contributed by atoms with Crippen LogP contribution in [0.3, 0.4) is 0 Å². The molecule has 1 aliphatic heterocycles. The molecule has 16 heteroatoms. The van der Waals surface area contributed by atoms with Crippen molar-refractivity contribution in [3.63, 3.8) is 0 Å². The summed E-state index contributed by atoms with van der Waals surface area (Å²) in [4.78, 5) is 45.2. The second kappa shape index (κ2) is 9.12. The highest BCUT2D eigenvalue weighted by molar-refractivity contribution is 7.84. The van der Waals surface area contributed by atoms with Crippen molar-refractivity contribution in [2.24, 2.45) is 10.9 Å². The van der Waals surface area contributed by atoms with E-state index in [-0.39, 0.29) is 33.9 Å². The number of oxime groups is 1. The fourth-order valence-electron chi connectivity index (χ4n) is 2.54. The predicted octanol–water partition coefficient (Wildman–Crippen LogP) is -2.96. The van der Waals surface area contributed by atoms with E-state index >= 15 is 0 Å². The van der Waals surface area contributed by atoms with Gasteiger partial charge in [-0.15, -0.1) is 11.3 Å². The molecule has 0 aliphatic carbocycles. The highest BCUT2D eigenvalue weighted by Gasteiger charge is 2.54. The molecule has 3 amide bonds. The van der Waals surface area contributed by atoms with E-state index in [1.54, 1.807) is 0 Å². The van der Waals surface area contributed by atoms with Crippen LogP contribution in [0.25, 0.3) is 0 Å². The van der Waals surface area contributed by atoms with E-state index in [4.69, 9.17) is 11.5 Å². The molecule has 7 N–H and O–H groups in total. The Kier molecular flexibility index (Phi) is 7.07. The number of hydrogen-bond acceptors (Lipinski definition) is 11. The Morgan fingerprint density at radius 3 is 2.69 bits per heavy atom. The molecule has 0 radical (unpaired) electrons. The molecule has 1 fully saturated rings. The van der Waals surface area contributed by atoms with E-state index in [1.165, 1.54) is 12.5 Å².